The van der Waals surface area contributed by atoms with E-state index < -0.39 is 11.8 Å². The zero-order valence-corrected chi connectivity index (χ0v) is 17.5. The van der Waals surface area contributed by atoms with E-state index in [1.807, 2.05) is 23.7 Å². The molecule has 0 bridgehead atoms. The second kappa shape index (κ2) is 8.65. The third-order valence-corrected chi connectivity index (χ3v) is 4.98. The number of carbonyl (C=O) groups is 1. The number of methoxy groups -OCH3 is 1. The van der Waals surface area contributed by atoms with Gasteiger partial charge >= 0.3 is 5.97 Å². The summed E-state index contributed by atoms with van der Waals surface area (Å²) in [5.41, 5.74) is 2.02. The molecule has 0 aliphatic heterocycles. The number of fused-ring (bicyclic) bond motifs is 1. The normalized spacial score (nSPS) is 10.8. The molecular weight excluding hydrogens is 423 g/mol. The second-order valence-corrected chi connectivity index (χ2v) is 7.13. The average molecular weight is 441 g/mol. The fraction of sp³-hybridized carbons (Fsp3) is 0.130. The monoisotopic (exact) mass is 440 g/mol. The highest BCUT2D eigenvalue weighted by molar-refractivity contribution is 6.30. The summed E-state index contributed by atoms with van der Waals surface area (Å²) in [4.78, 5) is 16.3. The van der Waals surface area contributed by atoms with Crippen molar-refractivity contribution in [2.24, 2.45) is 7.05 Å². The van der Waals surface area contributed by atoms with Crippen LogP contribution in [0, 0.1) is 5.82 Å². The number of ether oxygens (including phenoxy) is 3. The van der Waals surface area contributed by atoms with Crippen LogP contribution in [-0.4, -0.2) is 22.6 Å². The summed E-state index contributed by atoms with van der Waals surface area (Å²) in [6.45, 7) is 0.208. The van der Waals surface area contributed by atoms with Gasteiger partial charge in [-0.1, -0.05) is 17.7 Å². The van der Waals surface area contributed by atoms with E-state index in [9.17, 15) is 9.18 Å². The van der Waals surface area contributed by atoms with Gasteiger partial charge in [-0.2, -0.15) is 0 Å². The van der Waals surface area contributed by atoms with Crippen LogP contribution in [0.2, 0.25) is 5.02 Å². The Labute approximate surface area is 182 Å². The highest BCUT2D eigenvalue weighted by Gasteiger charge is 2.12. The first kappa shape index (κ1) is 20.7. The Bertz CT molecular complexity index is 1270. The molecular formula is C23H18ClFN2O4. The number of hydrogen-bond acceptors (Lipinski definition) is 5. The highest BCUT2D eigenvalue weighted by Crippen LogP contribution is 2.29. The Kier molecular flexibility index (Phi) is 5.77. The first-order valence-corrected chi connectivity index (χ1v) is 9.72. The molecule has 0 radical (unpaired) electrons. The summed E-state index contributed by atoms with van der Waals surface area (Å²) < 4.78 is 31.6. The Morgan fingerprint density at radius 2 is 1.84 bits per heavy atom. The molecule has 4 aromatic rings. The van der Waals surface area contributed by atoms with Gasteiger partial charge < -0.3 is 18.8 Å². The maximum atomic E-state index is 13.3. The Balaban J connectivity index is 1.53. The van der Waals surface area contributed by atoms with E-state index in [0.717, 1.165) is 11.0 Å². The van der Waals surface area contributed by atoms with Gasteiger partial charge in [0.05, 0.1) is 28.7 Å². The summed E-state index contributed by atoms with van der Waals surface area (Å²) in [6.07, 6.45) is 0. The van der Waals surface area contributed by atoms with Gasteiger partial charge in [0.2, 0.25) is 0 Å². The van der Waals surface area contributed by atoms with Crippen LogP contribution in [-0.2, 0) is 18.4 Å². The molecule has 0 amide bonds. The second-order valence-electron chi connectivity index (χ2n) is 6.72. The van der Waals surface area contributed by atoms with Crippen molar-refractivity contribution in [1.82, 2.24) is 9.55 Å². The Hall–Kier alpha value is -3.58. The number of esters is 1. The summed E-state index contributed by atoms with van der Waals surface area (Å²) in [5.74, 6) is 1.30. The van der Waals surface area contributed by atoms with Crippen LogP contribution in [0.1, 0.15) is 16.2 Å². The van der Waals surface area contributed by atoms with Crippen LogP contribution >= 0.6 is 11.6 Å². The fourth-order valence-corrected chi connectivity index (χ4v) is 3.24. The van der Waals surface area contributed by atoms with Crippen molar-refractivity contribution < 1.29 is 23.4 Å². The van der Waals surface area contributed by atoms with Gasteiger partial charge in [-0.05, 0) is 42.5 Å². The van der Waals surface area contributed by atoms with E-state index in [-0.39, 0.29) is 11.6 Å². The lowest BCUT2D eigenvalue weighted by Gasteiger charge is -2.08. The van der Waals surface area contributed by atoms with Gasteiger partial charge in [-0.3, -0.25) is 0 Å². The lowest BCUT2D eigenvalue weighted by Crippen LogP contribution is -2.05. The van der Waals surface area contributed by atoms with E-state index in [1.54, 1.807) is 30.3 Å². The van der Waals surface area contributed by atoms with E-state index >= 15 is 0 Å². The van der Waals surface area contributed by atoms with E-state index in [0.29, 0.717) is 28.6 Å². The number of aryl methyl sites for hydroxylation is 1. The molecule has 31 heavy (non-hydrogen) atoms. The number of halogens is 2. The summed E-state index contributed by atoms with van der Waals surface area (Å²) in [5, 5.41) is -0.00480. The van der Waals surface area contributed by atoms with Crippen LogP contribution in [0.4, 0.5) is 4.39 Å². The van der Waals surface area contributed by atoms with Crippen molar-refractivity contribution in [2.75, 3.05) is 7.11 Å². The molecule has 8 heteroatoms. The molecule has 0 aliphatic rings. The molecule has 0 saturated heterocycles. The van der Waals surface area contributed by atoms with Crippen molar-refractivity contribution in [3.05, 3.63) is 82.9 Å². The molecule has 4 rings (SSSR count). The smallest absolute Gasteiger partial charge is 0.337 e. The first-order valence-electron chi connectivity index (χ1n) is 9.34. The molecule has 0 unspecified atom stereocenters. The zero-order valence-electron chi connectivity index (χ0n) is 16.8. The van der Waals surface area contributed by atoms with E-state index in [2.05, 4.69) is 4.98 Å². The predicted molar refractivity (Wildman–Crippen MR) is 114 cm³/mol. The topological polar surface area (TPSA) is 62.6 Å². The molecule has 1 heterocycles. The average Bonchev–Trinajstić information content (AvgIpc) is 3.09. The molecule has 3 aromatic carbocycles. The van der Waals surface area contributed by atoms with Crippen LogP contribution in [0.5, 0.6) is 17.2 Å². The quantitative estimate of drug-likeness (QED) is 0.369. The molecule has 0 N–H and O–H groups in total. The summed E-state index contributed by atoms with van der Waals surface area (Å²) >= 11 is 5.82. The zero-order chi connectivity index (χ0) is 22.0. The standard InChI is InChI=1S/C23H18ClFN2O4/c1-27-21-12-17(31-16-6-8-19(25)18(24)11-16)7-9-20(21)26-22(27)13-30-15-5-3-4-14(10-15)23(28)29-2/h3-12H,13H2,1-2H3. The van der Waals surface area contributed by atoms with Gasteiger partial charge in [0.15, 0.2) is 0 Å². The number of carbonyl (C=O) groups excluding carboxylic acids is 1. The molecule has 0 saturated carbocycles. The lowest BCUT2D eigenvalue weighted by atomic mass is 10.2. The molecule has 0 spiro atoms. The minimum Gasteiger partial charge on any atom is -0.486 e. The third-order valence-electron chi connectivity index (χ3n) is 4.69. The lowest BCUT2D eigenvalue weighted by molar-refractivity contribution is 0.0600. The number of hydrogen-bond donors (Lipinski definition) is 0. The van der Waals surface area contributed by atoms with Gasteiger partial charge in [0.25, 0.3) is 0 Å². The predicted octanol–water partition coefficient (Wildman–Crippen LogP) is 5.52. The van der Waals surface area contributed by atoms with Crippen molar-refractivity contribution in [3.8, 4) is 17.2 Å². The first-order chi connectivity index (χ1) is 14.9. The number of rotatable bonds is 6. The molecule has 1 aromatic heterocycles. The summed E-state index contributed by atoms with van der Waals surface area (Å²) in [6, 6.07) is 16.4. The molecule has 0 aliphatic carbocycles. The highest BCUT2D eigenvalue weighted by atomic mass is 35.5. The number of aromatic nitrogens is 2. The molecule has 158 valence electrons. The summed E-state index contributed by atoms with van der Waals surface area (Å²) in [7, 11) is 3.20. The minimum absolute atomic E-state index is 0.00480. The van der Waals surface area contributed by atoms with Crippen molar-refractivity contribution in [3.63, 3.8) is 0 Å². The Morgan fingerprint density at radius 3 is 2.61 bits per heavy atom. The van der Waals surface area contributed by atoms with Crippen molar-refractivity contribution in [1.29, 1.82) is 0 Å². The molecule has 0 atom stereocenters. The maximum Gasteiger partial charge on any atom is 0.337 e. The maximum absolute atomic E-state index is 13.3. The number of imidazole rings is 1. The largest absolute Gasteiger partial charge is 0.486 e. The molecule has 6 nitrogen and oxygen atoms in total. The van der Waals surface area contributed by atoms with Crippen LogP contribution in [0.25, 0.3) is 11.0 Å². The molecule has 0 fully saturated rings. The third kappa shape index (κ3) is 4.46. The fourth-order valence-electron chi connectivity index (χ4n) is 3.07. The van der Waals surface area contributed by atoms with Crippen molar-refractivity contribution >= 4 is 28.6 Å². The van der Waals surface area contributed by atoms with Crippen LogP contribution < -0.4 is 9.47 Å². The minimum atomic E-state index is -0.502. The van der Waals surface area contributed by atoms with Gasteiger partial charge in [0.1, 0.15) is 35.5 Å². The van der Waals surface area contributed by atoms with Gasteiger partial charge in [-0.15, -0.1) is 0 Å². The van der Waals surface area contributed by atoms with Crippen LogP contribution in [0.3, 0.4) is 0 Å². The van der Waals surface area contributed by atoms with Crippen LogP contribution in [0.15, 0.2) is 60.7 Å². The number of benzene rings is 3. The van der Waals surface area contributed by atoms with Crippen molar-refractivity contribution in [2.45, 2.75) is 6.61 Å². The van der Waals surface area contributed by atoms with E-state index in [4.69, 9.17) is 25.8 Å². The Morgan fingerprint density at radius 1 is 1.06 bits per heavy atom. The van der Waals surface area contributed by atoms with E-state index in [1.165, 1.54) is 25.3 Å². The number of nitrogens with zero attached hydrogens (tertiary/aromatic N) is 2. The van der Waals surface area contributed by atoms with Gasteiger partial charge in [0, 0.05) is 19.2 Å². The van der Waals surface area contributed by atoms with Gasteiger partial charge in [-0.25, -0.2) is 14.2 Å². The SMILES string of the molecule is COC(=O)c1cccc(OCc2nc3ccc(Oc4ccc(F)c(Cl)c4)cc3n2C)c1.